The van der Waals surface area contributed by atoms with Gasteiger partial charge in [-0.2, -0.15) is 4.98 Å². The third kappa shape index (κ3) is 1.68. The molecule has 4 N–H and O–H groups in total. The summed E-state index contributed by atoms with van der Waals surface area (Å²) in [6.45, 7) is 0.0565. The molecule has 1 aromatic carbocycles. The molecular weight excluding hydrogens is 217 g/mol. The Kier molecular flexibility index (Phi) is 2.45. The quantitative estimate of drug-likeness (QED) is 0.651. The van der Waals surface area contributed by atoms with Crippen LogP contribution in [-0.4, -0.2) is 20.4 Å². The topological polar surface area (TPSA) is 105 Å². The minimum Gasteiger partial charge on any atom is -0.507 e. The summed E-state index contributed by atoms with van der Waals surface area (Å²) in [7, 11) is 0. The summed E-state index contributed by atoms with van der Waals surface area (Å²) in [4.78, 5) is 3.83. The van der Waals surface area contributed by atoms with Gasteiger partial charge in [-0.05, 0) is 6.07 Å². The van der Waals surface area contributed by atoms with E-state index < -0.39 is 11.6 Å². The Morgan fingerprint density at radius 2 is 2.06 bits per heavy atom. The van der Waals surface area contributed by atoms with E-state index >= 15 is 0 Å². The maximum atomic E-state index is 12.9. The number of benzene rings is 1. The van der Waals surface area contributed by atoms with E-state index in [4.69, 9.17) is 15.4 Å². The van der Waals surface area contributed by atoms with Crippen molar-refractivity contribution < 1.29 is 19.1 Å². The van der Waals surface area contributed by atoms with Crippen LogP contribution in [0.25, 0.3) is 11.4 Å². The molecule has 0 aliphatic carbocycles. The van der Waals surface area contributed by atoms with Gasteiger partial charge in [-0.15, -0.1) is 0 Å². The molecule has 0 bridgehead atoms. The molecule has 0 radical (unpaired) electrons. The molecule has 1 heterocycles. The average molecular weight is 225 g/mol. The number of aromatic hydroxyl groups is 2. The van der Waals surface area contributed by atoms with Crippen LogP contribution in [0.15, 0.2) is 16.7 Å². The standard InChI is InChI=1S/C9H8FN3O3/c10-5-2-6(14)4(1-7(5)15)9-12-8(3-11)16-13-9/h1-2,14-15H,3,11H2. The molecule has 0 saturated heterocycles. The maximum absolute atomic E-state index is 12.9. The van der Waals surface area contributed by atoms with Crippen molar-refractivity contribution >= 4 is 0 Å². The van der Waals surface area contributed by atoms with Gasteiger partial charge in [0.15, 0.2) is 11.6 Å². The molecule has 6 nitrogen and oxygen atoms in total. The van der Waals surface area contributed by atoms with E-state index in [1.54, 1.807) is 0 Å². The fourth-order valence-electron chi connectivity index (χ4n) is 1.18. The number of nitrogens with two attached hydrogens (primary N) is 1. The van der Waals surface area contributed by atoms with Crippen molar-refractivity contribution in [2.24, 2.45) is 5.73 Å². The first-order chi connectivity index (χ1) is 7.61. The fourth-order valence-corrected chi connectivity index (χ4v) is 1.18. The number of hydrogen-bond acceptors (Lipinski definition) is 6. The predicted octanol–water partition coefficient (Wildman–Crippen LogP) is 0.746. The zero-order valence-electron chi connectivity index (χ0n) is 8.01. The summed E-state index contributed by atoms with van der Waals surface area (Å²) in [5.41, 5.74) is 5.34. The first kappa shape index (κ1) is 10.4. The molecule has 0 saturated carbocycles. The van der Waals surface area contributed by atoms with Gasteiger partial charge in [0, 0.05) is 6.07 Å². The lowest BCUT2D eigenvalue weighted by molar-refractivity contribution is 0.380. The normalized spacial score (nSPS) is 10.6. The Morgan fingerprint density at radius 3 is 2.69 bits per heavy atom. The lowest BCUT2D eigenvalue weighted by Gasteiger charge is -2.01. The first-order valence-electron chi connectivity index (χ1n) is 4.36. The molecule has 1 aromatic heterocycles. The van der Waals surface area contributed by atoms with E-state index in [1.165, 1.54) is 0 Å². The van der Waals surface area contributed by atoms with Gasteiger partial charge in [-0.25, -0.2) is 4.39 Å². The molecule has 7 heteroatoms. The number of hydrogen-bond donors (Lipinski definition) is 3. The van der Waals surface area contributed by atoms with Crippen LogP contribution in [0, 0.1) is 5.82 Å². The second-order valence-corrected chi connectivity index (χ2v) is 3.04. The van der Waals surface area contributed by atoms with E-state index in [9.17, 15) is 9.50 Å². The van der Waals surface area contributed by atoms with Gasteiger partial charge in [0.25, 0.3) is 0 Å². The minimum atomic E-state index is -0.927. The van der Waals surface area contributed by atoms with Crippen LogP contribution in [0.2, 0.25) is 0 Å². The molecule has 2 rings (SSSR count). The third-order valence-corrected chi connectivity index (χ3v) is 1.95. The number of phenols is 2. The van der Waals surface area contributed by atoms with Crippen molar-refractivity contribution in [1.82, 2.24) is 10.1 Å². The number of aromatic nitrogens is 2. The zero-order valence-corrected chi connectivity index (χ0v) is 8.01. The fraction of sp³-hybridized carbons (Fsp3) is 0.111. The number of rotatable bonds is 2. The second kappa shape index (κ2) is 3.78. The van der Waals surface area contributed by atoms with E-state index in [1.807, 2.05) is 0 Å². The van der Waals surface area contributed by atoms with Crippen molar-refractivity contribution in [3.8, 4) is 22.9 Å². The molecule has 0 aliphatic heterocycles. The summed E-state index contributed by atoms with van der Waals surface area (Å²) < 4.78 is 17.6. The Hall–Kier alpha value is -2.15. The lowest BCUT2D eigenvalue weighted by Crippen LogP contribution is -1.95. The monoisotopic (exact) mass is 225 g/mol. The third-order valence-electron chi connectivity index (χ3n) is 1.95. The Labute approximate surface area is 89.1 Å². The summed E-state index contributed by atoms with van der Waals surface area (Å²) in [5.74, 6) is -1.71. The summed E-state index contributed by atoms with van der Waals surface area (Å²) >= 11 is 0. The van der Waals surface area contributed by atoms with E-state index in [0.29, 0.717) is 0 Å². The van der Waals surface area contributed by atoms with Crippen LogP contribution >= 0.6 is 0 Å². The van der Waals surface area contributed by atoms with Crippen LogP contribution in [0.5, 0.6) is 11.5 Å². The summed E-state index contributed by atoms with van der Waals surface area (Å²) in [6, 6.07) is 1.78. The maximum Gasteiger partial charge on any atom is 0.240 e. The molecule has 2 aromatic rings. The second-order valence-electron chi connectivity index (χ2n) is 3.04. The van der Waals surface area contributed by atoms with Crippen molar-refractivity contribution in [3.05, 3.63) is 23.8 Å². The van der Waals surface area contributed by atoms with Crippen LogP contribution in [-0.2, 0) is 6.54 Å². The van der Waals surface area contributed by atoms with Gasteiger partial charge in [0.05, 0.1) is 12.1 Å². The van der Waals surface area contributed by atoms with Crippen molar-refractivity contribution in [3.63, 3.8) is 0 Å². The minimum absolute atomic E-state index is 0.0354. The van der Waals surface area contributed by atoms with Crippen molar-refractivity contribution in [2.75, 3.05) is 0 Å². The van der Waals surface area contributed by atoms with Crippen LogP contribution < -0.4 is 5.73 Å². The van der Waals surface area contributed by atoms with Crippen molar-refractivity contribution in [1.29, 1.82) is 0 Å². The molecule has 0 fully saturated rings. The highest BCUT2D eigenvalue weighted by Crippen LogP contribution is 2.32. The number of phenolic OH excluding ortho intramolecular Hbond substituents is 2. The van der Waals surface area contributed by atoms with E-state index in [-0.39, 0.29) is 29.6 Å². The Morgan fingerprint density at radius 1 is 1.31 bits per heavy atom. The highest BCUT2D eigenvalue weighted by atomic mass is 19.1. The molecule has 16 heavy (non-hydrogen) atoms. The molecule has 0 aliphatic rings. The molecule has 84 valence electrons. The number of nitrogens with zero attached hydrogens (tertiary/aromatic N) is 2. The van der Waals surface area contributed by atoms with Gasteiger partial charge < -0.3 is 20.5 Å². The number of halogens is 1. The smallest absolute Gasteiger partial charge is 0.240 e. The van der Waals surface area contributed by atoms with Gasteiger partial charge in [-0.1, -0.05) is 5.16 Å². The van der Waals surface area contributed by atoms with Gasteiger partial charge in [0.2, 0.25) is 11.7 Å². The molecule has 0 atom stereocenters. The van der Waals surface area contributed by atoms with Crippen LogP contribution in [0.3, 0.4) is 0 Å². The molecule has 0 amide bonds. The largest absolute Gasteiger partial charge is 0.507 e. The van der Waals surface area contributed by atoms with Crippen LogP contribution in [0.1, 0.15) is 5.89 Å². The molecule has 0 spiro atoms. The highest BCUT2D eigenvalue weighted by molar-refractivity contribution is 5.65. The van der Waals surface area contributed by atoms with Gasteiger partial charge >= 0.3 is 0 Å². The first-order valence-corrected chi connectivity index (χ1v) is 4.36. The summed E-state index contributed by atoms with van der Waals surface area (Å²) in [5, 5.41) is 22.1. The average Bonchev–Trinajstić information content (AvgIpc) is 2.71. The van der Waals surface area contributed by atoms with E-state index in [2.05, 4.69) is 10.1 Å². The highest BCUT2D eigenvalue weighted by Gasteiger charge is 2.15. The van der Waals surface area contributed by atoms with Crippen LogP contribution in [0.4, 0.5) is 4.39 Å². The predicted molar refractivity (Wildman–Crippen MR) is 50.9 cm³/mol. The SMILES string of the molecule is NCc1nc(-c2cc(O)c(F)cc2O)no1. The van der Waals surface area contributed by atoms with Gasteiger partial charge in [0.1, 0.15) is 5.75 Å². The Balaban J connectivity index is 2.51. The summed E-state index contributed by atoms with van der Waals surface area (Å²) in [6.07, 6.45) is 0. The van der Waals surface area contributed by atoms with Crippen molar-refractivity contribution in [2.45, 2.75) is 6.54 Å². The molecule has 0 unspecified atom stereocenters. The van der Waals surface area contributed by atoms with Gasteiger partial charge in [-0.3, -0.25) is 0 Å². The van der Waals surface area contributed by atoms with E-state index in [0.717, 1.165) is 12.1 Å². The zero-order chi connectivity index (χ0) is 11.7. The molecular formula is C9H8FN3O3. The lowest BCUT2D eigenvalue weighted by atomic mass is 10.1. The Bertz CT molecular complexity index is 527.